The van der Waals surface area contributed by atoms with Gasteiger partial charge >= 0.3 is 0 Å². The molecular formula is C20H28N2O3. The zero-order chi connectivity index (χ0) is 17.7. The highest BCUT2D eigenvalue weighted by Crippen LogP contribution is 2.37. The molecule has 0 radical (unpaired) electrons. The minimum atomic E-state index is -0.340. The zero-order valence-electron chi connectivity index (χ0n) is 15.0. The van der Waals surface area contributed by atoms with Crippen LogP contribution in [0, 0.1) is 5.41 Å². The van der Waals surface area contributed by atoms with Crippen molar-refractivity contribution >= 4 is 11.8 Å². The molecule has 25 heavy (non-hydrogen) atoms. The van der Waals surface area contributed by atoms with Gasteiger partial charge in [-0.3, -0.25) is 9.59 Å². The predicted molar refractivity (Wildman–Crippen MR) is 96.2 cm³/mol. The van der Waals surface area contributed by atoms with Gasteiger partial charge in [0.1, 0.15) is 0 Å². The summed E-state index contributed by atoms with van der Waals surface area (Å²) in [5.74, 6) is -0.180. The molecule has 0 unspecified atom stereocenters. The molecule has 5 nitrogen and oxygen atoms in total. The fourth-order valence-corrected chi connectivity index (χ4v) is 3.83. The van der Waals surface area contributed by atoms with Gasteiger partial charge in [0.05, 0.1) is 19.1 Å². The lowest BCUT2D eigenvalue weighted by Crippen LogP contribution is -2.47. The number of hydrogen-bond acceptors (Lipinski definition) is 3. The summed E-state index contributed by atoms with van der Waals surface area (Å²) >= 11 is 0. The first-order valence-corrected chi connectivity index (χ1v) is 9.30. The SMILES string of the molecule is CC1(C(=O)NC[C@H](C(=O)N2CCOCC2)c2ccccc2)CCCC1. The topological polar surface area (TPSA) is 58.6 Å². The molecule has 1 heterocycles. The second-order valence-electron chi connectivity index (χ2n) is 7.38. The Bertz CT molecular complexity index is 590. The summed E-state index contributed by atoms with van der Waals surface area (Å²) in [6.45, 7) is 4.79. The standard InChI is InChI=1S/C20H28N2O3/c1-20(9-5-6-10-20)19(24)21-15-17(16-7-3-2-4-8-16)18(23)22-11-13-25-14-12-22/h2-4,7-8,17H,5-6,9-15H2,1H3,(H,21,24)/t17-/m0/s1. The van der Waals surface area contributed by atoms with Gasteiger partial charge in [0.2, 0.25) is 11.8 Å². The Hall–Kier alpha value is -1.88. The molecule has 0 bridgehead atoms. The molecule has 1 N–H and O–H groups in total. The number of rotatable bonds is 5. The van der Waals surface area contributed by atoms with Crippen LogP contribution in [0.2, 0.25) is 0 Å². The number of benzene rings is 1. The summed E-state index contributed by atoms with van der Waals surface area (Å²) in [5, 5.41) is 3.07. The second kappa shape index (κ2) is 8.00. The Morgan fingerprint density at radius 2 is 1.80 bits per heavy atom. The first kappa shape index (κ1) is 17.9. The summed E-state index contributed by atoms with van der Waals surface area (Å²) in [6, 6.07) is 9.75. The molecule has 2 fully saturated rings. The van der Waals surface area contributed by atoms with E-state index >= 15 is 0 Å². The van der Waals surface area contributed by atoms with Gasteiger partial charge in [0.25, 0.3) is 0 Å². The van der Waals surface area contributed by atoms with Crippen LogP contribution in [0.25, 0.3) is 0 Å². The van der Waals surface area contributed by atoms with Crippen LogP contribution in [-0.2, 0) is 14.3 Å². The summed E-state index contributed by atoms with van der Waals surface area (Å²) in [7, 11) is 0. The van der Waals surface area contributed by atoms with E-state index in [-0.39, 0.29) is 23.1 Å². The van der Waals surface area contributed by atoms with E-state index in [2.05, 4.69) is 5.32 Å². The normalized spacial score (nSPS) is 20.9. The van der Waals surface area contributed by atoms with Crippen molar-refractivity contribution in [3.8, 4) is 0 Å². The Balaban J connectivity index is 1.70. The molecule has 0 spiro atoms. The molecule has 1 saturated carbocycles. The van der Waals surface area contributed by atoms with Gasteiger partial charge in [-0.15, -0.1) is 0 Å². The van der Waals surface area contributed by atoms with E-state index in [1.807, 2.05) is 42.2 Å². The van der Waals surface area contributed by atoms with Crippen molar-refractivity contribution in [1.82, 2.24) is 10.2 Å². The maximum Gasteiger partial charge on any atom is 0.232 e. The Labute approximate surface area is 149 Å². The smallest absolute Gasteiger partial charge is 0.232 e. The number of amides is 2. The third-order valence-corrected chi connectivity index (χ3v) is 5.54. The van der Waals surface area contributed by atoms with Gasteiger partial charge in [-0.25, -0.2) is 0 Å². The van der Waals surface area contributed by atoms with Crippen LogP contribution in [-0.4, -0.2) is 49.6 Å². The Morgan fingerprint density at radius 1 is 1.16 bits per heavy atom. The van der Waals surface area contributed by atoms with Crippen molar-refractivity contribution in [3.63, 3.8) is 0 Å². The van der Waals surface area contributed by atoms with Crippen molar-refractivity contribution in [1.29, 1.82) is 0 Å². The molecule has 1 aliphatic heterocycles. The van der Waals surface area contributed by atoms with Crippen molar-refractivity contribution in [2.24, 2.45) is 5.41 Å². The quantitative estimate of drug-likeness (QED) is 0.892. The number of morpholine rings is 1. The largest absolute Gasteiger partial charge is 0.378 e. The van der Waals surface area contributed by atoms with Gasteiger partial charge < -0.3 is 15.0 Å². The first-order chi connectivity index (χ1) is 12.1. The molecule has 2 amide bonds. The molecule has 136 valence electrons. The van der Waals surface area contributed by atoms with Crippen molar-refractivity contribution in [3.05, 3.63) is 35.9 Å². The number of carbonyl (C=O) groups is 2. The van der Waals surface area contributed by atoms with E-state index in [1.165, 1.54) is 0 Å². The minimum absolute atomic E-state index is 0.0753. The fourth-order valence-electron chi connectivity index (χ4n) is 3.83. The molecule has 0 aromatic heterocycles. The van der Waals surface area contributed by atoms with Crippen molar-refractivity contribution in [2.45, 2.75) is 38.5 Å². The zero-order valence-corrected chi connectivity index (χ0v) is 15.0. The fraction of sp³-hybridized carbons (Fsp3) is 0.600. The highest BCUT2D eigenvalue weighted by atomic mass is 16.5. The number of nitrogens with one attached hydrogen (secondary N) is 1. The lowest BCUT2D eigenvalue weighted by molar-refractivity contribution is -0.137. The van der Waals surface area contributed by atoms with Gasteiger partial charge in [-0.05, 0) is 18.4 Å². The summed E-state index contributed by atoms with van der Waals surface area (Å²) in [5.41, 5.74) is 0.680. The first-order valence-electron chi connectivity index (χ1n) is 9.30. The molecular weight excluding hydrogens is 316 g/mol. The van der Waals surface area contributed by atoms with E-state index in [9.17, 15) is 9.59 Å². The van der Waals surface area contributed by atoms with Crippen molar-refractivity contribution < 1.29 is 14.3 Å². The number of nitrogens with zero attached hydrogens (tertiary/aromatic N) is 1. The maximum absolute atomic E-state index is 13.0. The van der Waals surface area contributed by atoms with Crippen LogP contribution in [0.4, 0.5) is 0 Å². The maximum atomic E-state index is 13.0. The van der Waals surface area contributed by atoms with Crippen LogP contribution in [0.15, 0.2) is 30.3 Å². The average molecular weight is 344 g/mol. The number of hydrogen-bond donors (Lipinski definition) is 1. The Kier molecular flexibility index (Phi) is 5.74. The molecule has 5 heteroatoms. The van der Waals surface area contributed by atoms with E-state index in [0.717, 1.165) is 31.2 Å². The third-order valence-electron chi connectivity index (χ3n) is 5.54. The monoisotopic (exact) mass is 344 g/mol. The van der Waals surface area contributed by atoms with Crippen molar-refractivity contribution in [2.75, 3.05) is 32.8 Å². The highest BCUT2D eigenvalue weighted by molar-refractivity contribution is 5.86. The van der Waals surface area contributed by atoms with E-state index < -0.39 is 0 Å². The lowest BCUT2D eigenvalue weighted by Gasteiger charge is -2.31. The van der Waals surface area contributed by atoms with Crippen LogP contribution >= 0.6 is 0 Å². The molecule has 1 saturated heterocycles. The molecule has 1 aromatic rings. The van der Waals surface area contributed by atoms with Gasteiger partial charge in [-0.1, -0.05) is 50.1 Å². The third kappa shape index (κ3) is 4.21. The van der Waals surface area contributed by atoms with Gasteiger partial charge in [-0.2, -0.15) is 0 Å². The van der Waals surface area contributed by atoms with E-state index in [1.54, 1.807) is 0 Å². The second-order valence-corrected chi connectivity index (χ2v) is 7.38. The minimum Gasteiger partial charge on any atom is -0.378 e. The van der Waals surface area contributed by atoms with E-state index in [0.29, 0.717) is 32.8 Å². The van der Waals surface area contributed by atoms with Gasteiger partial charge in [0.15, 0.2) is 0 Å². The van der Waals surface area contributed by atoms with E-state index in [4.69, 9.17) is 4.74 Å². The summed E-state index contributed by atoms with van der Waals surface area (Å²) in [4.78, 5) is 27.5. The molecule has 1 aromatic carbocycles. The van der Waals surface area contributed by atoms with Crippen LogP contribution in [0.5, 0.6) is 0 Å². The number of ether oxygens (including phenoxy) is 1. The Morgan fingerprint density at radius 3 is 2.44 bits per heavy atom. The lowest BCUT2D eigenvalue weighted by atomic mass is 9.87. The highest BCUT2D eigenvalue weighted by Gasteiger charge is 2.37. The van der Waals surface area contributed by atoms with Gasteiger partial charge in [0, 0.05) is 25.0 Å². The summed E-state index contributed by atoms with van der Waals surface area (Å²) in [6.07, 6.45) is 4.09. The molecule has 1 atom stereocenters. The summed E-state index contributed by atoms with van der Waals surface area (Å²) < 4.78 is 5.35. The molecule has 3 rings (SSSR count). The predicted octanol–water partition coefficient (Wildman–Crippen LogP) is 2.33. The van der Waals surface area contributed by atoms with Crippen LogP contribution in [0.1, 0.15) is 44.1 Å². The number of carbonyl (C=O) groups excluding carboxylic acids is 2. The average Bonchev–Trinajstić information content (AvgIpc) is 3.11. The van der Waals surface area contributed by atoms with Crippen LogP contribution < -0.4 is 5.32 Å². The van der Waals surface area contributed by atoms with Crippen LogP contribution in [0.3, 0.4) is 0 Å². The molecule has 2 aliphatic rings. The molecule has 1 aliphatic carbocycles.